The molecule has 2 heterocycles. The van der Waals surface area contributed by atoms with Crippen LogP contribution >= 0.6 is 0 Å². The zero-order valence-corrected chi connectivity index (χ0v) is 17.6. The highest BCUT2D eigenvalue weighted by Gasteiger charge is 2.14. The third-order valence-corrected chi connectivity index (χ3v) is 5.19. The van der Waals surface area contributed by atoms with Crippen molar-refractivity contribution in [1.29, 1.82) is 0 Å². The lowest BCUT2D eigenvalue weighted by molar-refractivity contribution is 0.0992. The van der Waals surface area contributed by atoms with Gasteiger partial charge in [0.15, 0.2) is 5.76 Å². The fourth-order valence-corrected chi connectivity index (χ4v) is 3.56. The number of amides is 1. The Morgan fingerprint density at radius 3 is 2.73 bits per heavy atom. The van der Waals surface area contributed by atoms with E-state index in [0.717, 1.165) is 16.5 Å². The molecule has 0 bridgehead atoms. The molecule has 0 aliphatic rings. The highest BCUT2D eigenvalue weighted by atomic mass is 19.1. The molecule has 0 radical (unpaired) electrons. The second-order valence-corrected chi connectivity index (χ2v) is 7.50. The lowest BCUT2D eigenvalue weighted by Crippen LogP contribution is -2.10. The Labute approximate surface area is 189 Å². The number of aromatic nitrogens is 2. The maximum atomic E-state index is 13.8. The fourth-order valence-electron chi connectivity index (χ4n) is 3.56. The summed E-state index contributed by atoms with van der Waals surface area (Å²) in [5, 5.41) is 9.02. The van der Waals surface area contributed by atoms with Gasteiger partial charge in [0.25, 0.3) is 5.91 Å². The first-order valence-electron chi connectivity index (χ1n) is 10.4. The number of ether oxygens (including phenoxy) is 1. The third-order valence-electron chi connectivity index (χ3n) is 5.19. The number of halogens is 1. The van der Waals surface area contributed by atoms with Gasteiger partial charge >= 0.3 is 0 Å². The highest BCUT2D eigenvalue weighted by Crippen LogP contribution is 2.26. The van der Waals surface area contributed by atoms with E-state index in [1.807, 2.05) is 42.5 Å². The average molecular weight is 441 g/mol. The van der Waals surface area contributed by atoms with Gasteiger partial charge in [0, 0.05) is 17.1 Å². The topological polar surface area (TPSA) is 69.3 Å². The molecule has 0 spiro atoms. The molecule has 0 saturated heterocycles. The first-order chi connectivity index (χ1) is 16.2. The lowest BCUT2D eigenvalue weighted by atomic mass is 10.1. The first-order valence-corrected chi connectivity index (χ1v) is 10.4. The molecule has 6 nitrogen and oxygen atoms in total. The molecule has 0 fully saturated rings. The van der Waals surface area contributed by atoms with Crippen LogP contribution in [0.15, 0.2) is 95.7 Å². The van der Waals surface area contributed by atoms with E-state index in [0.29, 0.717) is 17.0 Å². The van der Waals surface area contributed by atoms with Crippen molar-refractivity contribution in [2.45, 2.75) is 13.2 Å². The number of benzene rings is 3. The number of carbonyl (C=O) groups is 1. The summed E-state index contributed by atoms with van der Waals surface area (Å²) in [6.07, 6.45) is 3.14. The van der Waals surface area contributed by atoms with Crippen LogP contribution in [0.25, 0.3) is 10.8 Å². The molecule has 0 saturated carbocycles. The summed E-state index contributed by atoms with van der Waals surface area (Å²) < 4.78 is 27.0. The van der Waals surface area contributed by atoms with Crippen molar-refractivity contribution in [3.63, 3.8) is 0 Å². The molecule has 0 aliphatic heterocycles. The van der Waals surface area contributed by atoms with Crippen molar-refractivity contribution < 1.29 is 18.3 Å². The summed E-state index contributed by atoms with van der Waals surface area (Å²) in [6.45, 7) is 0.459. The maximum Gasteiger partial charge on any atom is 0.291 e. The quantitative estimate of drug-likeness (QED) is 0.354. The predicted molar refractivity (Wildman–Crippen MR) is 123 cm³/mol. The standard InChI is InChI=1S/C26H20FN3O3/c27-23-10-4-2-7-19(23)15-30-16-20(14-28-30)29-26(31)25-13-12-21(33-25)17-32-24-11-5-8-18-6-1-3-9-22(18)24/h1-14,16H,15,17H2,(H,29,31). The van der Waals surface area contributed by atoms with Crippen LogP contribution < -0.4 is 10.1 Å². The molecule has 0 atom stereocenters. The van der Waals surface area contributed by atoms with Crippen LogP contribution in [0.4, 0.5) is 10.1 Å². The lowest BCUT2D eigenvalue weighted by Gasteiger charge is -2.07. The van der Waals surface area contributed by atoms with Gasteiger partial charge in [0.05, 0.1) is 18.4 Å². The summed E-state index contributed by atoms with van der Waals surface area (Å²) in [5.74, 6) is 0.735. The van der Waals surface area contributed by atoms with Crippen molar-refractivity contribution in [1.82, 2.24) is 9.78 Å². The predicted octanol–water partition coefficient (Wildman–Crippen LogP) is 5.65. The van der Waals surface area contributed by atoms with Gasteiger partial charge in [-0.3, -0.25) is 9.48 Å². The van der Waals surface area contributed by atoms with Gasteiger partial charge < -0.3 is 14.5 Å². The Morgan fingerprint density at radius 2 is 1.82 bits per heavy atom. The van der Waals surface area contributed by atoms with E-state index in [1.165, 1.54) is 12.3 Å². The SMILES string of the molecule is O=C(Nc1cnn(Cc2ccccc2F)c1)c1ccc(COc2cccc3ccccc23)o1. The van der Waals surface area contributed by atoms with Gasteiger partial charge in [-0.1, -0.05) is 54.6 Å². The largest absolute Gasteiger partial charge is 0.485 e. The van der Waals surface area contributed by atoms with E-state index in [1.54, 1.807) is 41.2 Å². The zero-order valence-electron chi connectivity index (χ0n) is 17.6. The number of carbonyl (C=O) groups excluding carboxylic acids is 1. The summed E-state index contributed by atoms with van der Waals surface area (Å²) in [7, 11) is 0. The van der Waals surface area contributed by atoms with Crippen LogP contribution in [0.2, 0.25) is 0 Å². The van der Waals surface area contributed by atoms with E-state index in [2.05, 4.69) is 10.4 Å². The normalized spacial score (nSPS) is 10.9. The van der Waals surface area contributed by atoms with Gasteiger partial charge in [-0.05, 0) is 29.7 Å². The Balaban J connectivity index is 1.21. The number of hydrogen-bond acceptors (Lipinski definition) is 4. The van der Waals surface area contributed by atoms with Gasteiger partial charge in [-0.2, -0.15) is 5.10 Å². The van der Waals surface area contributed by atoms with E-state index in [-0.39, 0.29) is 24.7 Å². The van der Waals surface area contributed by atoms with Crippen molar-refractivity contribution in [3.05, 3.63) is 114 Å². The molecule has 164 valence electrons. The summed E-state index contributed by atoms with van der Waals surface area (Å²) >= 11 is 0. The fraction of sp³-hybridized carbons (Fsp3) is 0.0769. The monoisotopic (exact) mass is 441 g/mol. The number of rotatable bonds is 7. The van der Waals surface area contributed by atoms with E-state index in [9.17, 15) is 9.18 Å². The molecule has 1 amide bonds. The molecule has 2 aromatic heterocycles. The van der Waals surface area contributed by atoms with Crippen molar-refractivity contribution in [2.75, 3.05) is 5.32 Å². The van der Waals surface area contributed by atoms with Gasteiger partial charge in [0.1, 0.15) is 23.9 Å². The van der Waals surface area contributed by atoms with E-state index in [4.69, 9.17) is 9.15 Å². The minimum atomic E-state index is -0.406. The summed E-state index contributed by atoms with van der Waals surface area (Å²) in [6, 6.07) is 23.6. The number of anilines is 1. The molecular weight excluding hydrogens is 421 g/mol. The smallest absolute Gasteiger partial charge is 0.291 e. The second kappa shape index (κ2) is 9.00. The molecular formula is C26H20FN3O3. The maximum absolute atomic E-state index is 13.8. The molecule has 3 aromatic carbocycles. The molecule has 1 N–H and O–H groups in total. The third kappa shape index (κ3) is 4.62. The minimum absolute atomic E-state index is 0.161. The van der Waals surface area contributed by atoms with Crippen LogP contribution in [0.5, 0.6) is 5.75 Å². The van der Waals surface area contributed by atoms with Crippen molar-refractivity contribution >= 4 is 22.4 Å². The second-order valence-electron chi connectivity index (χ2n) is 7.50. The Morgan fingerprint density at radius 1 is 1.00 bits per heavy atom. The van der Waals surface area contributed by atoms with E-state index < -0.39 is 5.91 Å². The Kier molecular flexibility index (Phi) is 5.59. The Bertz CT molecular complexity index is 1420. The molecule has 33 heavy (non-hydrogen) atoms. The van der Waals surface area contributed by atoms with Crippen molar-refractivity contribution in [3.8, 4) is 5.75 Å². The van der Waals surface area contributed by atoms with Crippen LogP contribution in [-0.4, -0.2) is 15.7 Å². The summed E-state index contributed by atoms with van der Waals surface area (Å²) in [5.41, 5.74) is 1.00. The number of furan rings is 1. The van der Waals surface area contributed by atoms with Crippen molar-refractivity contribution in [2.24, 2.45) is 0 Å². The molecule has 5 rings (SSSR count). The Hall–Kier alpha value is -4.39. The number of fused-ring (bicyclic) bond motifs is 1. The van der Waals surface area contributed by atoms with Gasteiger partial charge in [-0.25, -0.2) is 4.39 Å². The van der Waals surface area contributed by atoms with Crippen LogP contribution in [0, 0.1) is 5.82 Å². The van der Waals surface area contributed by atoms with Crippen LogP contribution in [0.1, 0.15) is 21.9 Å². The zero-order chi connectivity index (χ0) is 22.6. The molecule has 0 unspecified atom stereocenters. The average Bonchev–Trinajstić information content (AvgIpc) is 3.49. The van der Waals surface area contributed by atoms with Crippen LogP contribution in [-0.2, 0) is 13.2 Å². The number of hydrogen-bond donors (Lipinski definition) is 1. The molecule has 7 heteroatoms. The van der Waals surface area contributed by atoms with Gasteiger partial charge in [0.2, 0.25) is 0 Å². The minimum Gasteiger partial charge on any atom is -0.485 e. The molecule has 0 aliphatic carbocycles. The highest BCUT2D eigenvalue weighted by molar-refractivity contribution is 6.02. The first kappa shape index (κ1) is 20.5. The van der Waals surface area contributed by atoms with Crippen LogP contribution in [0.3, 0.4) is 0 Å². The molecule has 5 aromatic rings. The number of nitrogens with one attached hydrogen (secondary N) is 1. The summed E-state index contributed by atoms with van der Waals surface area (Å²) in [4.78, 5) is 12.6. The van der Waals surface area contributed by atoms with Gasteiger partial charge in [-0.15, -0.1) is 0 Å². The number of nitrogens with zero attached hydrogens (tertiary/aromatic N) is 2. The van der Waals surface area contributed by atoms with E-state index >= 15 is 0 Å².